The lowest BCUT2D eigenvalue weighted by Gasteiger charge is -2.14. The lowest BCUT2D eigenvalue weighted by atomic mass is 10.2. The number of benzene rings is 2. The molecule has 1 saturated heterocycles. The molecule has 1 fully saturated rings. The SMILES string of the molecule is O=C([O-])CN1C(=O)/C(=C\c2cccc(OCc3ccc([N+](=O)[O-])cc3)c2)SC1=S. The third-order valence-corrected chi connectivity index (χ3v) is 5.25. The van der Waals surface area contributed by atoms with Crippen molar-refractivity contribution >= 4 is 51.9 Å². The Balaban J connectivity index is 1.69. The summed E-state index contributed by atoms with van der Waals surface area (Å²) in [5.41, 5.74) is 1.45. The smallest absolute Gasteiger partial charge is 0.269 e. The molecule has 0 unspecified atom stereocenters. The summed E-state index contributed by atoms with van der Waals surface area (Å²) in [5.74, 6) is -1.33. The van der Waals surface area contributed by atoms with Crippen molar-refractivity contribution in [2.45, 2.75) is 6.61 Å². The zero-order valence-corrected chi connectivity index (χ0v) is 16.4. The van der Waals surface area contributed by atoms with Crippen LogP contribution in [0.1, 0.15) is 11.1 Å². The highest BCUT2D eigenvalue weighted by molar-refractivity contribution is 8.26. The number of hydrogen-bond acceptors (Lipinski definition) is 8. The van der Waals surface area contributed by atoms with E-state index in [1.807, 2.05) is 0 Å². The fourth-order valence-corrected chi connectivity index (χ4v) is 3.75. The van der Waals surface area contributed by atoms with Crippen LogP contribution in [0.2, 0.25) is 0 Å². The highest BCUT2D eigenvalue weighted by Crippen LogP contribution is 2.32. The first kappa shape index (κ1) is 20.5. The second-order valence-electron chi connectivity index (χ2n) is 5.92. The predicted molar refractivity (Wildman–Crippen MR) is 109 cm³/mol. The molecule has 1 aliphatic rings. The summed E-state index contributed by atoms with van der Waals surface area (Å²) < 4.78 is 5.87. The van der Waals surface area contributed by atoms with Crippen molar-refractivity contribution in [3.8, 4) is 5.75 Å². The number of aliphatic carboxylic acids is 1. The number of nitro groups is 1. The highest BCUT2D eigenvalue weighted by atomic mass is 32.2. The number of thioether (sulfide) groups is 1. The van der Waals surface area contributed by atoms with E-state index in [1.165, 1.54) is 12.1 Å². The summed E-state index contributed by atoms with van der Waals surface area (Å²) in [6.45, 7) is -0.366. The molecule has 1 amide bonds. The molecule has 2 aromatic rings. The number of thiocarbonyl (C=S) groups is 1. The molecule has 29 heavy (non-hydrogen) atoms. The van der Waals surface area contributed by atoms with Crippen molar-refractivity contribution in [3.63, 3.8) is 0 Å². The molecular formula is C19H13N2O6S2-. The highest BCUT2D eigenvalue weighted by Gasteiger charge is 2.31. The Morgan fingerprint density at radius 1 is 1.24 bits per heavy atom. The summed E-state index contributed by atoms with van der Waals surface area (Å²) in [7, 11) is 0. The van der Waals surface area contributed by atoms with Gasteiger partial charge < -0.3 is 14.6 Å². The van der Waals surface area contributed by atoms with Crippen LogP contribution in [0.3, 0.4) is 0 Å². The van der Waals surface area contributed by atoms with Gasteiger partial charge in [-0.15, -0.1) is 0 Å². The van der Waals surface area contributed by atoms with Crippen molar-refractivity contribution < 1.29 is 24.4 Å². The minimum atomic E-state index is -1.39. The molecule has 8 nitrogen and oxygen atoms in total. The fraction of sp³-hybridized carbons (Fsp3) is 0.105. The molecule has 0 aliphatic carbocycles. The van der Waals surface area contributed by atoms with Crippen molar-refractivity contribution in [1.82, 2.24) is 4.90 Å². The van der Waals surface area contributed by atoms with Crippen LogP contribution in [0, 0.1) is 10.1 Å². The number of rotatable bonds is 7. The first-order chi connectivity index (χ1) is 13.8. The predicted octanol–water partition coefficient (Wildman–Crippen LogP) is 2.12. The Kier molecular flexibility index (Phi) is 6.25. The topological polar surface area (TPSA) is 113 Å². The molecule has 0 saturated carbocycles. The number of carbonyl (C=O) groups excluding carboxylic acids is 2. The van der Waals surface area contributed by atoms with Crippen molar-refractivity contribution in [2.75, 3.05) is 6.54 Å². The first-order valence-electron chi connectivity index (χ1n) is 8.25. The molecule has 0 radical (unpaired) electrons. The maximum absolute atomic E-state index is 12.3. The quantitative estimate of drug-likeness (QED) is 0.285. The molecule has 2 aromatic carbocycles. The monoisotopic (exact) mass is 429 g/mol. The fourth-order valence-electron chi connectivity index (χ4n) is 2.49. The molecule has 0 aromatic heterocycles. The number of nitro benzene ring substituents is 1. The van der Waals surface area contributed by atoms with E-state index >= 15 is 0 Å². The summed E-state index contributed by atoms with van der Waals surface area (Å²) in [4.78, 5) is 34.6. The molecule has 0 spiro atoms. The minimum absolute atomic E-state index is 0.00624. The van der Waals surface area contributed by atoms with E-state index in [-0.39, 0.29) is 16.6 Å². The summed E-state index contributed by atoms with van der Waals surface area (Å²) in [6.07, 6.45) is 1.60. The average Bonchev–Trinajstić information content (AvgIpc) is 2.94. The van der Waals surface area contributed by atoms with E-state index in [4.69, 9.17) is 17.0 Å². The molecule has 1 heterocycles. The van der Waals surface area contributed by atoms with Gasteiger partial charge in [-0.3, -0.25) is 19.8 Å². The molecular weight excluding hydrogens is 416 g/mol. The summed E-state index contributed by atoms with van der Waals surface area (Å²) >= 11 is 6.07. The number of nitrogens with zero attached hydrogens (tertiary/aromatic N) is 2. The largest absolute Gasteiger partial charge is 0.548 e. The Morgan fingerprint density at radius 2 is 1.97 bits per heavy atom. The standard InChI is InChI=1S/C19H14N2O6S2/c22-17(23)10-20-18(24)16(29-19(20)28)9-13-2-1-3-15(8-13)27-11-12-4-6-14(7-5-12)21(25)26/h1-9H,10-11H2,(H,22,23)/p-1/b16-9+. The van der Waals surface area contributed by atoms with Crippen LogP contribution in [0.5, 0.6) is 5.75 Å². The van der Waals surface area contributed by atoms with E-state index in [2.05, 4.69) is 0 Å². The van der Waals surface area contributed by atoms with E-state index < -0.39 is 23.3 Å². The number of non-ortho nitro benzene ring substituents is 1. The number of carboxylic acids is 1. The Bertz CT molecular complexity index is 1020. The van der Waals surface area contributed by atoms with Crippen LogP contribution in [-0.2, 0) is 16.2 Å². The van der Waals surface area contributed by atoms with Gasteiger partial charge in [-0.1, -0.05) is 36.1 Å². The van der Waals surface area contributed by atoms with Crippen LogP contribution in [-0.4, -0.2) is 32.6 Å². The van der Waals surface area contributed by atoms with Crippen LogP contribution in [0.15, 0.2) is 53.4 Å². The first-order valence-corrected chi connectivity index (χ1v) is 9.47. The number of carbonyl (C=O) groups is 2. The average molecular weight is 429 g/mol. The second-order valence-corrected chi connectivity index (χ2v) is 7.60. The lowest BCUT2D eigenvalue weighted by molar-refractivity contribution is -0.384. The summed E-state index contributed by atoms with van der Waals surface area (Å²) in [5, 5.41) is 21.4. The number of hydrogen-bond donors (Lipinski definition) is 0. The van der Waals surface area contributed by atoms with Gasteiger partial charge in [0.15, 0.2) is 0 Å². The van der Waals surface area contributed by atoms with Crippen molar-refractivity contribution in [1.29, 1.82) is 0 Å². The maximum atomic E-state index is 12.3. The Hall–Kier alpha value is -3.24. The van der Waals surface area contributed by atoms with Gasteiger partial charge in [-0.05, 0) is 41.5 Å². The molecule has 0 bridgehead atoms. The van der Waals surface area contributed by atoms with E-state index in [9.17, 15) is 24.8 Å². The molecule has 1 aliphatic heterocycles. The van der Waals surface area contributed by atoms with Gasteiger partial charge in [0.1, 0.15) is 16.7 Å². The van der Waals surface area contributed by atoms with E-state index in [1.54, 1.807) is 42.5 Å². The van der Waals surface area contributed by atoms with Gasteiger partial charge in [0.25, 0.3) is 11.6 Å². The molecule has 3 rings (SSSR count). The number of ether oxygens (including phenoxy) is 1. The zero-order valence-electron chi connectivity index (χ0n) is 14.8. The number of carboxylic acid groups (broad SMARTS) is 1. The van der Waals surface area contributed by atoms with Crippen LogP contribution in [0.4, 0.5) is 5.69 Å². The minimum Gasteiger partial charge on any atom is -0.548 e. The Labute approximate surface area is 174 Å². The van der Waals surface area contributed by atoms with Gasteiger partial charge in [0.05, 0.1) is 22.3 Å². The van der Waals surface area contributed by atoms with E-state index in [0.29, 0.717) is 16.2 Å². The van der Waals surface area contributed by atoms with Crippen molar-refractivity contribution in [3.05, 3.63) is 74.7 Å². The van der Waals surface area contributed by atoms with Gasteiger partial charge in [-0.25, -0.2) is 0 Å². The second kappa shape index (κ2) is 8.84. The molecule has 10 heteroatoms. The van der Waals surface area contributed by atoms with Gasteiger partial charge in [-0.2, -0.15) is 0 Å². The third-order valence-electron chi connectivity index (χ3n) is 3.87. The van der Waals surface area contributed by atoms with Crippen LogP contribution in [0.25, 0.3) is 6.08 Å². The van der Waals surface area contributed by atoms with Crippen molar-refractivity contribution in [2.24, 2.45) is 0 Å². The van der Waals surface area contributed by atoms with Gasteiger partial charge in [0.2, 0.25) is 0 Å². The summed E-state index contributed by atoms with van der Waals surface area (Å²) in [6, 6.07) is 13.0. The van der Waals surface area contributed by atoms with Crippen LogP contribution < -0.4 is 9.84 Å². The number of amides is 1. The molecule has 148 valence electrons. The lowest BCUT2D eigenvalue weighted by Crippen LogP contribution is -2.40. The Morgan fingerprint density at radius 3 is 2.62 bits per heavy atom. The molecule has 0 atom stereocenters. The third kappa shape index (κ3) is 5.18. The van der Waals surface area contributed by atoms with Gasteiger partial charge >= 0.3 is 0 Å². The maximum Gasteiger partial charge on any atom is 0.269 e. The molecule has 0 N–H and O–H groups in total. The van der Waals surface area contributed by atoms with Gasteiger partial charge in [0, 0.05) is 12.1 Å². The van der Waals surface area contributed by atoms with E-state index in [0.717, 1.165) is 22.2 Å². The zero-order chi connectivity index (χ0) is 21.0. The normalized spacial score (nSPS) is 15.0. The van der Waals surface area contributed by atoms with Crippen LogP contribution >= 0.6 is 24.0 Å².